The molecule has 1 N–H and O–H groups in total. The zero-order valence-electron chi connectivity index (χ0n) is 13.2. The van der Waals surface area contributed by atoms with E-state index >= 15 is 0 Å². The quantitative estimate of drug-likeness (QED) is 0.294. The number of hydrogen-bond acceptors (Lipinski definition) is 6. The molecule has 0 radical (unpaired) electrons. The molecule has 138 valence electrons. The molecule has 11 heteroatoms. The number of rotatable bonds is 9. The average Bonchev–Trinajstić information content (AvgIpc) is 2.95. The second-order valence-corrected chi connectivity index (χ2v) is 10.2. The molecule has 5 nitrogen and oxygen atoms in total. The average molecular weight is 473 g/mol. The lowest BCUT2D eigenvalue weighted by Gasteiger charge is -2.14. The Balaban J connectivity index is 1.79. The van der Waals surface area contributed by atoms with E-state index in [2.05, 4.69) is 30.7 Å². The third kappa shape index (κ3) is 6.60. The van der Waals surface area contributed by atoms with Crippen LogP contribution >= 0.6 is 46.6 Å². The molecule has 1 unspecified atom stereocenters. The number of thioether (sulfide) groups is 1. The van der Waals surface area contributed by atoms with Gasteiger partial charge in [0.05, 0.1) is 4.47 Å². The number of unbranched alkanes of at least 4 members (excludes halogenated alkanes) is 1. The van der Waals surface area contributed by atoms with Gasteiger partial charge >= 0.3 is 13.8 Å². The first kappa shape index (κ1) is 20.8. The first-order valence-electron chi connectivity index (χ1n) is 7.29. The highest BCUT2D eigenvalue weighted by Gasteiger charge is 2.34. The summed E-state index contributed by atoms with van der Waals surface area (Å²) < 4.78 is 41.9. The van der Waals surface area contributed by atoms with Crippen LogP contribution in [0, 0.1) is 6.92 Å². The number of benzene rings is 1. The van der Waals surface area contributed by atoms with Gasteiger partial charge in [-0.2, -0.15) is 8.78 Å². The molecule has 0 aliphatic rings. The molecule has 2 rings (SSSR count). The molecule has 1 atom stereocenters. The molecular weight excluding hydrogens is 457 g/mol. The molecule has 1 heterocycles. The Labute approximate surface area is 160 Å². The highest BCUT2D eigenvalue weighted by atomic mass is 79.9. The smallest absolute Gasteiger partial charge is 0.420 e. The standard InChI is InChI=1S/C14H16BrF2N2O3PS2/c1-9-18-19-14(25-9)24-7-3-2-4-10-5-6-12(11(15)8-10)22-23(20,21)13(16)17/h5-6,8,13H,2-4,7H2,1H3,(H,20,21). The van der Waals surface area contributed by atoms with E-state index in [0.717, 1.165) is 39.9 Å². The van der Waals surface area contributed by atoms with Crippen molar-refractivity contribution in [2.75, 3.05) is 5.75 Å². The van der Waals surface area contributed by atoms with Gasteiger partial charge in [0.25, 0.3) is 0 Å². The summed E-state index contributed by atoms with van der Waals surface area (Å²) in [6.07, 6.45) is -0.683. The van der Waals surface area contributed by atoms with Crippen molar-refractivity contribution in [3.63, 3.8) is 0 Å². The van der Waals surface area contributed by atoms with Crippen molar-refractivity contribution in [1.82, 2.24) is 10.2 Å². The summed E-state index contributed by atoms with van der Waals surface area (Å²) in [7, 11) is -4.96. The van der Waals surface area contributed by atoms with Crippen LogP contribution in [0.25, 0.3) is 0 Å². The first-order chi connectivity index (χ1) is 11.8. The van der Waals surface area contributed by atoms with Crippen molar-refractivity contribution in [3.05, 3.63) is 33.2 Å². The zero-order chi connectivity index (χ0) is 18.4. The Morgan fingerprint density at radius 3 is 2.76 bits per heavy atom. The Bertz CT molecular complexity index is 763. The van der Waals surface area contributed by atoms with Gasteiger partial charge in [0.15, 0.2) is 4.34 Å². The maximum Gasteiger partial charge on any atom is 0.442 e. The summed E-state index contributed by atoms with van der Waals surface area (Å²) in [6.45, 7) is 1.92. The van der Waals surface area contributed by atoms with Crippen molar-refractivity contribution in [2.24, 2.45) is 0 Å². The van der Waals surface area contributed by atoms with Crippen LogP contribution in [-0.2, 0) is 11.0 Å². The van der Waals surface area contributed by atoms with Gasteiger partial charge in [-0.05, 0) is 59.8 Å². The third-order valence-corrected chi connectivity index (χ3v) is 6.69. The first-order valence-corrected chi connectivity index (χ1v) is 11.5. The number of aryl methyl sites for hydroxylation is 2. The van der Waals surface area contributed by atoms with Crippen LogP contribution in [0.15, 0.2) is 27.0 Å². The van der Waals surface area contributed by atoms with Gasteiger partial charge in [-0.15, -0.1) is 10.2 Å². The maximum absolute atomic E-state index is 12.4. The normalized spacial score (nSPS) is 13.8. The minimum Gasteiger partial charge on any atom is -0.420 e. The minimum atomic E-state index is -4.96. The summed E-state index contributed by atoms with van der Waals surface area (Å²) in [5.41, 5.74) is 0.987. The number of alkyl halides is 2. The molecule has 0 spiro atoms. The van der Waals surface area contributed by atoms with Crippen LogP contribution < -0.4 is 4.52 Å². The van der Waals surface area contributed by atoms with E-state index in [1.54, 1.807) is 35.2 Å². The lowest BCUT2D eigenvalue weighted by Crippen LogP contribution is -2.01. The van der Waals surface area contributed by atoms with Gasteiger partial charge < -0.3 is 9.42 Å². The fraction of sp³-hybridized carbons (Fsp3) is 0.429. The lowest BCUT2D eigenvalue weighted by atomic mass is 10.1. The van der Waals surface area contributed by atoms with Gasteiger partial charge in [-0.1, -0.05) is 29.2 Å². The topological polar surface area (TPSA) is 72.3 Å². The Morgan fingerprint density at radius 1 is 1.40 bits per heavy atom. The SMILES string of the molecule is Cc1nnc(SCCCCc2ccc(OP(=O)(O)C(F)F)c(Br)c2)s1. The highest BCUT2D eigenvalue weighted by molar-refractivity contribution is 9.10. The summed E-state index contributed by atoms with van der Waals surface area (Å²) in [5.74, 6) is 0.871. The fourth-order valence-corrected chi connectivity index (χ4v) is 4.92. The van der Waals surface area contributed by atoms with Gasteiger partial charge in [0.2, 0.25) is 0 Å². The highest BCUT2D eigenvalue weighted by Crippen LogP contribution is 2.50. The molecule has 0 amide bonds. The summed E-state index contributed by atoms with van der Waals surface area (Å²) in [6, 6.07) is 4.83. The molecule has 0 saturated carbocycles. The molecule has 1 aromatic carbocycles. The predicted octanol–water partition coefficient (Wildman–Crippen LogP) is 5.51. The number of hydrogen-bond donors (Lipinski definition) is 1. The molecule has 0 fully saturated rings. The molecular formula is C14H16BrF2N2O3PS2. The summed E-state index contributed by atoms with van der Waals surface area (Å²) in [5, 5.41) is 8.96. The monoisotopic (exact) mass is 472 g/mol. The van der Waals surface area contributed by atoms with Crippen molar-refractivity contribution < 1.29 is 22.8 Å². The van der Waals surface area contributed by atoms with Gasteiger partial charge in [-0.3, -0.25) is 0 Å². The molecule has 2 aromatic rings. The molecule has 0 aliphatic heterocycles. The van der Waals surface area contributed by atoms with E-state index < -0.39 is 13.8 Å². The maximum atomic E-state index is 12.4. The number of halogens is 3. The number of aromatic nitrogens is 2. The van der Waals surface area contributed by atoms with E-state index in [-0.39, 0.29) is 5.75 Å². The molecule has 0 aliphatic carbocycles. The van der Waals surface area contributed by atoms with Crippen LogP contribution in [0.1, 0.15) is 23.4 Å². The number of nitrogens with zero attached hydrogens (tertiary/aromatic N) is 2. The van der Waals surface area contributed by atoms with E-state index in [4.69, 9.17) is 4.89 Å². The largest absolute Gasteiger partial charge is 0.442 e. The second-order valence-electron chi connectivity index (χ2n) is 5.09. The van der Waals surface area contributed by atoms with Crippen LogP contribution in [-0.4, -0.2) is 27.0 Å². The van der Waals surface area contributed by atoms with Crippen molar-refractivity contribution >= 4 is 46.6 Å². The Morgan fingerprint density at radius 2 is 2.16 bits per heavy atom. The van der Waals surface area contributed by atoms with E-state index in [1.165, 1.54) is 6.07 Å². The van der Waals surface area contributed by atoms with Crippen LogP contribution in [0.4, 0.5) is 8.78 Å². The molecule has 25 heavy (non-hydrogen) atoms. The third-order valence-electron chi connectivity index (χ3n) is 3.06. The summed E-state index contributed by atoms with van der Waals surface area (Å²) >= 11 is 6.44. The molecule has 1 aromatic heterocycles. The van der Waals surface area contributed by atoms with Crippen LogP contribution in [0.5, 0.6) is 5.75 Å². The van der Waals surface area contributed by atoms with Crippen LogP contribution in [0.3, 0.4) is 0 Å². The minimum absolute atomic E-state index is 0.0721. The lowest BCUT2D eigenvalue weighted by molar-refractivity contribution is 0.188. The zero-order valence-corrected chi connectivity index (χ0v) is 17.3. The van der Waals surface area contributed by atoms with Gasteiger partial charge in [0.1, 0.15) is 10.8 Å². The molecule has 0 saturated heterocycles. The summed E-state index contributed by atoms with van der Waals surface area (Å²) in [4.78, 5) is 9.09. The van der Waals surface area contributed by atoms with E-state index in [9.17, 15) is 13.3 Å². The van der Waals surface area contributed by atoms with Crippen LogP contribution in [0.2, 0.25) is 0 Å². The van der Waals surface area contributed by atoms with Crippen molar-refractivity contribution in [1.29, 1.82) is 0 Å². The molecule has 0 bridgehead atoms. The van der Waals surface area contributed by atoms with Gasteiger partial charge in [0, 0.05) is 5.75 Å². The van der Waals surface area contributed by atoms with Gasteiger partial charge in [-0.25, -0.2) is 4.57 Å². The fourth-order valence-electron chi connectivity index (χ4n) is 1.88. The van der Waals surface area contributed by atoms with E-state index in [1.807, 2.05) is 6.92 Å². The Hall–Kier alpha value is -0.540. The van der Waals surface area contributed by atoms with E-state index in [0.29, 0.717) is 4.47 Å². The van der Waals surface area contributed by atoms with Crippen molar-refractivity contribution in [2.45, 2.75) is 36.7 Å². The van der Waals surface area contributed by atoms with Crippen molar-refractivity contribution in [3.8, 4) is 5.75 Å². The predicted molar refractivity (Wildman–Crippen MR) is 98.9 cm³/mol. The second kappa shape index (κ2) is 9.41. The Kier molecular flexibility index (Phi) is 7.82.